The van der Waals surface area contributed by atoms with Gasteiger partial charge in [0.1, 0.15) is 6.29 Å². The van der Waals surface area contributed by atoms with Crippen molar-refractivity contribution >= 4 is 23.3 Å². The summed E-state index contributed by atoms with van der Waals surface area (Å²) in [5.74, 6) is 0. The molecule has 0 unspecified atom stereocenters. The minimum absolute atomic E-state index is 0.739. The van der Waals surface area contributed by atoms with Gasteiger partial charge in [-0.1, -0.05) is 6.07 Å². The highest BCUT2D eigenvalue weighted by Crippen LogP contribution is 2.23. The molecule has 2 nitrogen and oxygen atoms in total. The molecule has 0 aliphatic heterocycles. The Morgan fingerprint density at radius 3 is 2.72 bits per heavy atom. The predicted molar refractivity (Wildman–Crippen MR) is 77.6 cm³/mol. The molecule has 1 aromatic heterocycles. The van der Waals surface area contributed by atoms with E-state index in [9.17, 15) is 4.79 Å². The number of carbonyl (C=O) groups excluding carboxylic acids is 1. The average Bonchev–Trinajstić information content (AvgIpc) is 2.89. The maximum Gasteiger partial charge on any atom is 0.150 e. The van der Waals surface area contributed by atoms with Crippen LogP contribution in [0.5, 0.6) is 0 Å². The molecule has 0 N–H and O–H groups in total. The first-order valence-electron chi connectivity index (χ1n) is 6.07. The average molecular weight is 259 g/mol. The van der Waals surface area contributed by atoms with Crippen molar-refractivity contribution in [3.05, 3.63) is 51.7 Å². The fourth-order valence-corrected chi connectivity index (χ4v) is 2.78. The van der Waals surface area contributed by atoms with Gasteiger partial charge in [-0.15, -0.1) is 11.3 Å². The summed E-state index contributed by atoms with van der Waals surface area (Å²) >= 11 is 1.78. The lowest BCUT2D eigenvalue weighted by Crippen LogP contribution is -2.22. The first-order chi connectivity index (χ1) is 8.74. The van der Waals surface area contributed by atoms with Crippen molar-refractivity contribution in [1.82, 2.24) is 0 Å². The van der Waals surface area contributed by atoms with Crippen molar-refractivity contribution in [3.8, 4) is 0 Å². The van der Waals surface area contributed by atoms with Crippen LogP contribution in [0.25, 0.3) is 0 Å². The first kappa shape index (κ1) is 12.8. The summed E-state index contributed by atoms with van der Waals surface area (Å²) in [5.41, 5.74) is 3.10. The van der Waals surface area contributed by atoms with Gasteiger partial charge in [0.25, 0.3) is 0 Å². The van der Waals surface area contributed by atoms with Crippen molar-refractivity contribution in [1.29, 1.82) is 0 Å². The fraction of sp³-hybridized carbons (Fsp3) is 0.267. The number of aldehydes is 1. The lowest BCUT2D eigenvalue weighted by Gasteiger charge is -2.24. The molecule has 0 fully saturated rings. The van der Waals surface area contributed by atoms with Crippen LogP contribution in [0.4, 0.5) is 5.69 Å². The van der Waals surface area contributed by atoms with Crippen molar-refractivity contribution < 1.29 is 4.79 Å². The highest BCUT2D eigenvalue weighted by atomic mass is 32.1. The summed E-state index contributed by atoms with van der Waals surface area (Å²) in [6.45, 7) is 6.09. The van der Waals surface area contributed by atoms with Crippen LogP contribution in [0.1, 0.15) is 27.7 Å². The van der Waals surface area contributed by atoms with E-state index in [1.807, 2.05) is 18.2 Å². The third kappa shape index (κ3) is 2.79. The predicted octanol–water partition coefficient (Wildman–Crippen LogP) is 3.90. The lowest BCUT2D eigenvalue weighted by molar-refractivity contribution is 0.112. The van der Waals surface area contributed by atoms with Crippen molar-refractivity contribution in [2.24, 2.45) is 0 Å². The summed E-state index contributed by atoms with van der Waals surface area (Å²) < 4.78 is 0. The van der Waals surface area contributed by atoms with E-state index in [1.165, 1.54) is 10.6 Å². The van der Waals surface area contributed by atoms with Gasteiger partial charge in [-0.2, -0.15) is 0 Å². The zero-order valence-electron chi connectivity index (χ0n) is 10.7. The van der Waals surface area contributed by atoms with E-state index in [2.05, 4.69) is 36.3 Å². The highest BCUT2D eigenvalue weighted by Gasteiger charge is 2.09. The number of anilines is 1. The summed E-state index contributed by atoms with van der Waals surface area (Å²) in [7, 11) is 0. The van der Waals surface area contributed by atoms with E-state index >= 15 is 0 Å². The van der Waals surface area contributed by atoms with Gasteiger partial charge in [0.15, 0.2) is 0 Å². The quantitative estimate of drug-likeness (QED) is 0.759. The van der Waals surface area contributed by atoms with Gasteiger partial charge >= 0.3 is 0 Å². The standard InChI is InChI=1S/C15H17NOS/c1-3-16(10-14-5-4-8-18-14)15-7-6-13(11-17)9-12(15)2/h4-9,11H,3,10H2,1-2H3. The molecule has 0 bridgehead atoms. The van der Waals surface area contributed by atoms with Crippen LogP contribution in [-0.4, -0.2) is 12.8 Å². The van der Waals surface area contributed by atoms with Gasteiger partial charge < -0.3 is 4.90 Å². The summed E-state index contributed by atoms with van der Waals surface area (Å²) in [4.78, 5) is 14.4. The number of hydrogen-bond donors (Lipinski definition) is 0. The number of carbonyl (C=O) groups is 1. The maximum absolute atomic E-state index is 10.8. The Bertz CT molecular complexity index is 519. The molecule has 0 amide bonds. The molecular weight excluding hydrogens is 242 g/mol. The topological polar surface area (TPSA) is 20.3 Å². The number of hydrogen-bond acceptors (Lipinski definition) is 3. The van der Waals surface area contributed by atoms with E-state index in [4.69, 9.17) is 0 Å². The second-order valence-electron chi connectivity index (χ2n) is 4.26. The van der Waals surface area contributed by atoms with Crippen molar-refractivity contribution in [2.75, 3.05) is 11.4 Å². The Balaban J connectivity index is 2.24. The Morgan fingerprint density at radius 1 is 1.33 bits per heavy atom. The zero-order valence-corrected chi connectivity index (χ0v) is 11.5. The molecule has 0 aliphatic rings. The van der Waals surface area contributed by atoms with Gasteiger partial charge in [-0.3, -0.25) is 4.79 Å². The van der Waals surface area contributed by atoms with Gasteiger partial charge in [-0.05, 0) is 49.1 Å². The maximum atomic E-state index is 10.8. The van der Waals surface area contributed by atoms with Crippen LogP contribution in [0.15, 0.2) is 35.7 Å². The summed E-state index contributed by atoms with van der Waals surface area (Å²) in [6, 6.07) is 10.1. The van der Waals surface area contributed by atoms with Gasteiger partial charge in [-0.25, -0.2) is 0 Å². The molecule has 0 saturated carbocycles. The third-order valence-electron chi connectivity index (χ3n) is 3.01. The van der Waals surface area contributed by atoms with Crippen LogP contribution in [0, 0.1) is 6.92 Å². The smallest absolute Gasteiger partial charge is 0.150 e. The molecule has 3 heteroatoms. The highest BCUT2D eigenvalue weighted by molar-refractivity contribution is 7.09. The Morgan fingerprint density at radius 2 is 2.17 bits per heavy atom. The van der Waals surface area contributed by atoms with E-state index in [1.54, 1.807) is 11.3 Å². The van der Waals surface area contributed by atoms with Crippen molar-refractivity contribution in [2.45, 2.75) is 20.4 Å². The van der Waals surface area contributed by atoms with E-state index in [0.29, 0.717) is 0 Å². The number of aryl methyl sites for hydroxylation is 1. The van der Waals surface area contributed by atoms with Crippen LogP contribution in [0.2, 0.25) is 0 Å². The Kier molecular flexibility index (Phi) is 4.15. The monoisotopic (exact) mass is 259 g/mol. The van der Waals surface area contributed by atoms with E-state index in [0.717, 1.165) is 30.5 Å². The minimum Gasteiger partial charge on any atom is -0.366 e. The molecule has 0 atom stereocenters. The molecule has 0 saturated heterocycles. The van der Waals surface area contributed by atoms with E-state index < -0.39 is 0 Å². The SMILES string of the molecule is CCN(Cc1cccs1)c1ccc(C=O)cc1C. The molecule has 2 rings (SSSR count). The Hall–Kier alpha value is -1.61. The van der Waals surface area contributed by atoms with Crippen molar-refractivity contribution in [3.63, 3.8) is 0 Å². The largest absolute Gasteiger partial charge is 0.366 e. The molecule has 0 radical (unpaired) electrons. The third-order valence-corrected chi connectivity index (χ3v) is 3.87. The lowest BCUT2D eigenvalue weighted by atomic mass is 10.1. The molecule has 18 heavy (non-hydrogen) atoms. The van der Waals surface area contributed by atoms with E-state index in [-0.39, 0.29) is 0 Å². The molecule has 1 aromatic carbocycles. The fourth-order valence-electron chi connectivity index (χ4n) is 2.06. The molecule has 0 spiro atoms. The van der Waals surface area contributed by atoms with Gasteiger partial charge in [0.05, 0.1) is 6.54 Å². The molecule has 94 valence electrons. The van der Waals surface area contributed by atoms with Gasteiger partial charge in [0.2, 0.25) is 0 Å². The number of benzene rings is 1. The second kappa shape index (κ2) is 5.83. The molecule has 2 aromatic rings. The first-order valence-corrected chi connectivity index (χ1v) is 6.95. The second-order valence-corrected chi connectivity index (χ2v) is 5.29. The summed E-state index contributed by atoms with van der Waals surface area (Å²) in [6.07, 6.45) is 0.895. The minimum atomic E-state index is 0.739. The number of nitrogens with zero attached hydrogens (tertiary/aromatic N) is 1. The molecule has 0 aliphatic carbocycles. The normalized spacial score (nSPS) is 10.3. The van der Waals surface area contributed by atoms with Crippen LogP contribution < -0.4 is 4.90 Å². The zero-order chi connectivity index (χ0) is 13.0. The molecule has 1 heterocycles. The van der Waals surface area contributed by atoms with Crippen LogP contribution in [0.3, 0.4) is 0 Å². The van der Waals surface area contributed by atoms with Crippen LogP contribution >= 0.6 is 11.3 Å². The summed E-state index contributed by atoms with van der Waals surface area (Å²) in [5, 5.41) is 2.10. The van der Waals surface area contributed by atoms with Gasteiger partial charge in [0, 0.05) is 22.7 Å². The number of rotatable bonds is 5. The number of thiophene rings is 1. The molecular formula is C15H17NOS. The van der Waals surface area contributed by atoms with Crippen LogP contribution in [-0.2, 0) is 6.54 Å². The Labute approximate surface area is 112 Å².